The molecule has 0 aromatic rings. The van der Waals surface area contributed by atoms with Crippen LogP contribution in [0.1, 0.15) is 20.8 Å². The minimum Gasteiger partial charge on any atom is -0.294 e. The molecule has 58 valence electrons. The van der Waals surface area contributed by atoms with Gasteiger partial charge in [-0.25, -0.2) is 0 Å². The van der Waals surface area contributed by atoms with Crippen LogP contribution in [0, 0.1) is 0 Å². The van der Waals surface area contributed by atoms with Gasteiger partial charge < -0.3 is 0 Å². The molecule has 1 heterocycles. The molecule has 0 amide bonds. The summed E-state index contributed by atoms with van der Waals surface area (Å²) in [7, 11) is 2.14. The molecule has 2 heteroatoms. The van der Waals surface area contributed by atoms with Crippen molar-refractivity contribution in [2.45, 2.75) is 32.4 Å². The summed E-state index contributed by atoms with van der Waals surface area (Å²) in [5.41, 5.74) is 0.159. The first-order valence-electron chi connectivity index (χ1n) is 3.78. The van der Waals surface area contributed by atoms with E-state index in [4.69, 9.17) is 0 Å². The first kappa shape index (κ1) is 7.73. The van der Waals surface area contributed by atoms with Crippen LogP contribution in [0.15, 0.2) is 4.99 Å². The minimum absolute atomic E-state index is 0.159. The van der Waals surface area contributed by atoms with Crippen LogP contribution >= 0.6 is 0 Å². The quantitative estimate of drug-likeness (QED) is 0.493. The van der Waals surface area contributed by atoms with E-state index in [0.29, 0.717) is 6.04 Å². The highest BCUT2D eigenvalue weighted by Crippen LogP contribution is 2.15. The lowest BCUT2D eigenvalue weighted by Crippen LogP contribution is -2.48. The van der Waals surface area contributed by atoms with Gasteiger partial charge in [0.25, 0.3) is 0 Å². The van der Waals surface area contributed by atoms with Crippen LogP contribution in [0.3, 0.4) is 0 Å². The van der Waals surface area contributed by atoms with Gasteiger partial charge in [0, 0.05) is 18.3 Å². The third-order valence-corrected chi connectivity index (χ3v) is 2.17. The molecule has 0 saturated carbocycles. The number of likely N-dealkylation sites (N-methyl/N-ethyl adjacent to an activating group) is 1. The van der Waals surface area contributed by atoms with Crippen LogP contribution in [-0.4, -0.2) is 36.3 Å². The Morgan fingerprint density at radius 1 is 1.60 bits per heavy atom. The summed E-state index contributed by atoms with van der Waals surface area (Å²) in [6, 6.07) is 0.470. The molecule has 0 fully saturated rings. The maximum absolute atomic E-state index is 4.37. The Morgan fingerprint density at radius 2 is 2.20 bits per heavy atom. The zero-order valence-corrected chi connectivity index (χ0v) is 7.26. The fourth-order valence-corrected chi connectivity index (χ4v) is 1.09. The van der Waals surface area contributed by atoms with Crippen LogP contribution < -0.4 is 0 Å². The summed E-state index contributed by atoms with van der Waals surface area (Å²) in [5.74, 6) is 0. The molecule has 0 aliphatic carbocycles. The molecular formula is C8H16N2. The SMILES string of the molecule is CC1CN(C)C(C)(C)C=N1. The van der Waals surface area contributed by atoms with Crippen LogP contribution in [0.5, 0.6) is 0 Å². The monoisotopic (exact) mass is 140 g/mol. The summed E-state index contributed by atoms with van der Waals surface area (Å²) in [6.07, 6.45) is 2.04. The van der Waals surface area contributed by atoms with Crippen molar-refractivity contribution in [2.75, 3.05) is 13.6 Å². The minimum atomic E-state index is 0.159. The third kappa shape index (κ3) is 1.37. The van der Waals surface area contributed by atoms with Crippen LogP contribution in [-0.2, 0) is 0 Å². The Balaban J connectivity index is 2.72. The second-order valence-electron chi connectivity index (χ2n) is 3.66. The predicted molar refractivity (Wildman–Crippen MR) is 44.7 cm³/mol. The van der Waals surface area contributed by atoms with Crippen molar-refractivity contribution in [3.8, 4) is 0 Å². The van der Waals surface area contributed by atoms with E-state index in [1.165, 1.54) is 0 Å². The average molecular weight is 140 g/mol. The van der Waals surface area contributed by atoms with Crippen LogP contribution in [0.4, 0.5) is 0 Å². The molecule has 0 aromatic heterocycles. The summed E-state index contributed by atoms with van der Waals surface area (Å²) < 4.78 is 0. The van der Waals surface area contributed by atoms with E-state index in [0.717, 1.165) is 6.54 Å². The molecule has 1 unspecified atom stereocenters. The summed E-state index contributed by atoms with van der Waals surface area (Å²) >= 11 is 0. The fourth-order valence-electron chi connectivity index (χ4n) is 1.09. The van der Waals surface area contributed by atoms with Gasteiger partial charge in [-0.2, -0.15) is 0 Å². The lowest BCUT2D eigenvalue weighted by atomic mass is 10.0. The molecule has 0 saturated heterocycles. The van der Waals surface area contributed by atoms with Crippen molar-refractivity contribution in [1.29, 1.82) is 0 Å². The van der Waals surface area contributed by atoms with Crippen molar-refractivity contribution in [2.24, 2.45) is 4.99 Å². The third-order valence-electron chi connectivity index (χ3n) is 2.17. The molecule has 1 aliphatic heterocycles. The lowest BCUT2D eigenvalue weighted by molar-refractivity contribution is 0.204. The van der Waals surface area contributed by atoms with Crippen molar-refractivity contribution in [1.82, 2.24) is 4.90 Å². The standard InChI is InChI=1S/C8H16N2/c1-7-5-10(4)8(2,3)6-9-7/h6-7H,5H2,1-4H3. The van der Waals surface area contributed by atoms with Crippen LogP contribution in [0.25, 0.3) is 0 Å². The highest BCUT2D eigenvalue weighted by molar-refractivity contribution is 5.69. The van der Waals surface area contributed by atoms with E-state index in [1.54, 1.807) is 0 Å². The topological polar surface area (TPSA) is 15.6 Å². The van der Waals surface area contributed by atoms with E-state index in [9.17, 15) is 0 Å². The van der Waals surface area contributed by atoms with E-state index >= 15 is 0 Å². The molecule has 1 rings (SSSR count). The Bertz CT molecular complexity index is 149. The van der Waals surface area contributed by atoms with Crippen molar-refractivity contribution < 1.29 is 0 Å². The van der Waals surface area contributed by atoms with E-state index in [1.807, 2.05) is 6.21 Å². The largest absolute Gasteiger partial charge is 0.294 e. The van der Waals surface area contributed by atoms with Gasteiger partial charge in [0.15, 0.2) is 0 Å². The summed E-state index contributed by atoms with van der Waals surface area (Å²) in [5, 5.41) is 0. The Kier molecular flexibility index (Phi) is 1.82. The zero-order chi connectivity index (χ0) is 7.78. The predicted octanol–water partition coefficient (Wildman–Crippen LogP) is 1.17. The molecule has 1 atom stereocenters. The molecular weight excluding hydrogens is 124 g/mol. The van der Waals surface area contributed by atoms with Gasteiger partial charge >= 0.3 is 0 Å². The maximum atomic E-state index is 4.37. The lowest BCUT2D eigenvalue weighted by Gasteiger charge is -2.37. The van der Waals surface area contributed by atoms with E-state index in [-0.39, 0.29) is 5.54 Å². The van der Waals surface area contributed by atoms with Gasteiger partial charge in [0.05, 0.1) is 6.04 Å². The first-order chi connectivity index (χ1) is 4.52. The second-order valence-corrected chi connectivity index (χ2v) is 3.66. The molecule has 0 bridgehead atoms. The van der Waals surface area contributed by atoms with E-state index in [2.05, 4.69) is 37.7 Å². The molecule has 0 N–H and O–H groups in total. The Hall–Kier alpha value is -0.370. The number of hydrogen-bond acceptors (Lipinski definition) is 2. The van der Waals surface area contributed by atoms with Crippen molar-refractivity contribution in [3.05, 3.63) is 0 Å². The first-order valence-corrected chi connectivity index (χ1v) is 3.78. The highest BCUT2D eigenvalue weighted by atomic mass is 15.2. The maximum Gasteiger partial charge on any atom is 0.0595 e. The summed E-state index contributed by atoms with van der Waals surface area (Å²) in [4.78, 5) is 6.69. The van der Waals surface area contributed by atoms with Crippen molar-refractivity contribution >= 4 is 6.21 Å². The van der Waals surface area contributed by atoms with Gasteiger partial charge in [0.1, 0.15) is 0 Å². The molecule has 1 aliphatic rings. The fraction of sp³-hybridized carbons (Fsp3) is 0.875. The van der Waals surface area contributed by atoms with Gasteiger partial charge in [-0.05, 0) is 27.8 Å². The van der Waals surface area contributed by atoms with Crippen LogP contribution in [0.2, 0.25) is 0 Å². The number of rotatable bonds is 0. The Labute approximate surface area is 62.9 Å². The van der Waals surface area contributed by atoms with Gasteiger partial charge in [0.2, 0.25) is 0 Å². The molecule has 0 aromatic carbocycles. The molecule has 2 nitrogen and oxygen atoms in total. The molecule has 10 heavy (non-hydrogen) atoms. The second kappa shape index (κ2) is 2.35. The average Bonchev–Trinajstić information content (AvgIpc) is 1.81. The van der Waals surface area contributed by atoms with Gasteiger partial charge in [-0.15, -0.1) is 0 Å². The zero-order valence-electron chi connectivity index (χ0n) is 7.26. The van der Waals surface area contributed by atoms with Gasteiger partial charge in [-0.1, -0.05) is 0 Å². The number of aliphatic imine (C=N–C) groups is 1. The molecule has 0 radical (unpaired) electrons. The highest BCUT2D eigenvalue weighted by Gasteiger charge is 2.25. The number of hydrogen-bond donors (Lipinski definition) is 0. The smallest absolute Gasteiger partial charge is 0.0595 e. The van der Waals surface area contributed by atoms with Gasteiger partial charge in [-0.3, -0.25) is 9.89 Å². The van der Waals surface area contributed by atoms with Crippen molar-refractivity contribution in [3.63, 3.8) is 0 Å². The normalized spacial score (nSPS) is 32.6. The Morgan fingerprint density at radius 3 is 2.60 bits per heavy atom. The summed E-state index contributed by atoms with van der Waals surface area (Å²) in [6.45, 7) is 7.58. The van der Waals surface area contributed by atoms with E-state index < -0.39 is 0 Å². The number of nitrogens with zero attached hydrogens (tertiary/aromatic N) is 2. The molecule has 0 spiro atoms.